The normalized spacial score (nSPS) is 15.7. The third-order valence-corrected chi connectivity index (χ3v) is 6.64. The van der Waals surface area contributed by atoms with Crippen molar-refractivity contribution in [2.24, 2.45) is 0 Å². The van der Waals surface area contributed by atoms with Gasteiger partial charge < -0.3 is 14.6 Å². The van der Waals surface area contributed by atoms with E-state index in [0.29, 0.717) is 37.1 Å². The van der Waals surface area contributed by atoms with Gasteiger partial charge in [0, 0.05) is 35.4 Å². The number of amides is 1. The van der Waals surface area contributed by atoms with Crippen LogP contribution in [0.5, 0.6) is 0 Å². The second kappa shape index (κ2) is 12.0. The number of rotatable bonds is 12. The molecule has 7 heteroatoms. The first-order chi connectivity index (χ1) is 17.1. The number of hydrogen-bond donors (Lipinski definition) is 1. The van der Waals surface area contributed by atoms with E-state index in [1.165, 1.54) is 0 Å². The van der Waals surface area contributed by atoms with Crippen molar-refractivity contribution in [3.8, 4) is 0 Å². The lowest BCUT2D eigenvalue weighted by Crippen LogP contribution is -2.32. The highest BCUT2D eigenvalue weighted by molar-refractivity contribution is 9.10. The number of hydrogen-bond acceptors (Lipinski definition) is 4. The SMILES string of the molecule is CCCCCOC1=C(C(=O)c2ccccc2)C(c2ccc(Br)cc2)N(CCCc2ncc[nH]2)C1=O. The van der Waals surface area contributed by atoms with Crippen molar-refractivity contribution in [3.63, 3.8) is 0 Å². The fourth-order valence-electron chi connectivity index (χ4n) is 4.35. The van der Waals surface area contributed by atoms with Gasteiger partial charge in [-0.2, -0.15) is 0 Å². The first-order valence-electron chi connectivity index (χ1n) is 12.1. The molecule has 0 saturated heterocycles. The summed E-state index contributed by atoms with van der Waals surface area (Å²) < 4.78 is 7.01. The molecule has 1 aliphatic heterocycles. The number of nitrogens with one attached hydrogen (secondary N) is 1. The molecule has 0 saturated carbocycles. The Bertz CT molecular complexity index is 1160. The Morgan fingerprint density at radius 2 is 1.86 bits per heavy atom. The summed E-state index contributed by atoms with van der Waals surface area (Å²) in [6.45, 7) is 3.01. The molecular weight excluding hydrogens is 506 g/mol. The highest BCUT2D eigenvalue weighted by atomic mass is 79.9. The predicted molar refractivity (Wildman–Crippen MR) is 139 cm³/mol. The predicted octanol–water partition coefficient (Wildman–Crippen LogP) is 6.03. The zero-order valence-corrected chi connectivity index (χ0v) is 21.5. The van der Waals surface area contributed by atoms with Crippen molar-refractivity contribution in [3.05, 3.63) is 99.7 Å². The highest BCUT2D eigenvalue weighted by Gasteiger charge is 2.44. The Kier molecular flexibility index (Phi) is 8.53. The van der Waals surface area contributed by atoms with Crippen LogP contribution in [0.3, 0.4) is 0 Å². The van der Waals surface area contributed by atoms with Crippen molar-refractivity contribution in [1.82, 2.24) is 14.9 Å². The third-order valence-electron chi connectivity index (χ3n) is 6.11. The number of halogens is 1. The summed E-state index contributed by atoms with van der Waals surface area (Å²) >= 11 is 3.49. The van der Waals surface area contributed by atoms with Crippen LogP contribution in [-0.2, 0) is 16.0 Å². The molecule has 2 aromatic carbocycles. The van der Waals surface area contributed by atoms with Gasteiger partial charge in [0.1, 0.15) is 5.82 Å². The molecule has 1 aliphatic rings. The number of unbranched alkanes of at least 4 members (excludes halogenated alkanes) is 2. The van der Waals surface area contributed by atoms with Crippen molar-refractivity contribution in [2.75, 3.05) is 13.2 Å². The average molecular weight is 536 g/mol. The first kappa shape index (κ1) is 24.9. The van der Waals surface area contributed by atoms with Crippen LogP contribution < -0.4 is 0 Å². The molecule has 0 fully saturated rings. The Balaban J connectivity index is 1.70. The van der Waals surface area contributed by atoms with Crippen LogP contribution in [0.25, 0.3) is 0 Å². The molecule has 3 aromatic rings. The summed E-state index contributed by atoms with van der Waals surface area (Å²) in [5, 5.41) is 0. The average Bonchev–Trinajstić information content (AvgIpc) is 3.49. The number of aryl methyl sites for hydroxylation is 1. The summed E-state index contributed by atoms with van der Waals surface area (Å²) in [6, 6.07) is 16.4. The number of Topliss-reactive ketones (excluding diaryl/α,β-unsaturated/α-hetero) is 1. The number of carbonyl (C=O) groups excluding carboxylic acids is 2. The topological polar surface area (TPSA) is 75.3 Å². The quantitative estimate of drug-likeness (QED) is 0.227. The molecule has 0 radical (unpaired) electrons. The number of imidazole rings is 1. The zero-order valence-electron chi connectivity index (χ0n) is 19.9. The molecule has 35 heavy (non-hydrogen) atoms. The second-order valence-corrected chi connectivity index (χ2v) is 9.50. The fraction of sp³-hybridized carbons (Fsp3) is 0.321. The van der Waals surface area contributed by atoms with Gasteiger partial charge in [-0.15, -0.1) is 0 Å². The number of ether oxygens (including phenoxy) is 1. The Labute approximate surface area is 214 Å². The minimum atomic E-state index is -0.513. The summed E-state index contributed by atoms with van der Waals surface area (Å²) in [5.74, 6) is 0.654. The smallest absolute Gasteiger partial charge is 0.290 e. The summed E-state index contributed by atoms with van der Waals surface area (Å²) in [4.78, 5) is 36.7. The Hall–Kier alpha value is -3.19. The van der Waals surface area contributed by atoms with Gasteiger partial charge in [0.25, 0.3) is 5.91 Å². The van der Waals surface area contributed by atoms with Gasteiger partial charge in [-0.1, -0.05) is 78.2 Å². The Morgan fingerprint density at radius 3 is 2.54 bits per heavy atom. The van der Waals surface area contributed by atoms with Gasteiger partial charge in [-0.05, 0) is 30.5 Å². The lowest BCUT2D eigenvalue weighted by atomic mass is 9.92. The van der Waals surface area contributed by atoms with Crippen molar-refractivity contribution in [1.29, 1.82) is 0 Å². The minimum absolute atomic E-state index is 0.175. The lowest BCUT2D eigenvalue weighted by Gasteiger charge is -2.27. The zero-order chi connectivity index (χ0) is 24.6. The molecule has 2 heterocycles. The molecule has 4 rings (SSSR count). The molecule has 1 N–H and O–H groups in total. The van der Waals surface area contributed by atoms with E-state index in [2.05, 4.69) is 32.8 Å². The van der Waals surface area contributed by atoms with Crippen LogP contribution in [0.1, 0.15) is 60.4 Å². The second-order valence-electron chi connectivity index (χ2n) is 8.59. The monoisotopic (exact) mass is 535 g/mol. The lowest BCUT2D eigenvalue weighted by molar-refractivity contribution is -0.130. The van der Waals surface area contributed by atoms with Gasteiger partial charge in [0.15, 0.2) is 11.5 Å². The van der Waals surface area contributed by atoms with E-state index in [0.717, 1.165) is 35.1 Å². The van der Waals surface area contributed by atoms with Crippen LogP contribution in [0.15, 0.2) is 82.8 Å². The largest absolute Gasteiger partial charge is 0.488 e. The minimum Gasteiger partial charge on any atom is -0.488 e. The molecule has 0 spiro atoms. The molecule has 0 bridgehead atoms. The molecular formula is C28H30BrN3O3. The summed E-state index contributed by atoms with van der Waals surface area (Å²) in [6.07, 6.45) is 7.82. The molecule has 1 amide bonds. The van der Waals surface area contributed by atoms with E-state index < -0.39 is 6.04 Å². The van der Waals surface area contributed by atoms with Gasteiger partial charge in [-0.3, -0.25) is 9.59 Å². The van der Waals surface area contributed by atoms with E-state index in [9.17, 15) is 9.59 Å². The molecule has 6 nitrogen and oxygen atoms in total. The van der Waals surface area contributed by atoms with E-state index >= 15 is 0 Å². The first-order valence-corrected chi connectivity index (χ1v) is 12.9. The van der Waals surface area contributed by atoms with Crippen LogP contribution >= 0.6 is 15.9 Å². The number of aromatic nitrogens is 2. The maximum absolute atomic E-state index is 13.8. The number of nitrogens with zero attached hydrogens (tertiary/aromatic N) is 2. The number of ketones is 1. The van der Waals surface area contributed by atoms with E-state index in [4.69, 9.17) is 4.74 Å². The Morgan fingerprint density at radius 1 is 1.09 bits per heavy atom. The van der Waals surface area contributed by atoms with Crippen molar-refractivity contribution >= 4 is 27.6 Å². The van der Waals surface area contributed by atoms with Gasteiger partial charge in [0.05, 0.1) is 18.2 Å². The maximum Gasteiger partial charge on any atom is 0.290 e. The van der Waals surface area contributed by atoms with Crippen LogP contribution in [0.4, 0.5) is 0 Å². The van der Waals surface area contributed by atoms with Gasteiger partial charge in [0.2, 0.25) is 0 Å². The molecule has 182 valence electrons. The molecule has 0 aliphatic carbocycles. The van der Waals surface area contributed by atoms with Crippen molar-refractivity contribution in [2.45, 2.75) is 45.1 Å². The molecule has 1 unspecified atom stereocenters. The van der Waals surface area contributed by atoms with Crippen LogP contribution in [-0.4, -0.2) is 39.7 Å². The number of carbonyl (C=O) groups is 2. The number of H-pyrrole nitrogens is 1. The van der Waals surface area contributed by atoms with Gasteiger partial charge in [-0.25, -0.2) is 4.98 Å². The molecule has 1 atom stereocenters. The molecule has 1 aromatic heterocycles. The summed E-state index contributed by atoms with van der Waals surface area (Å²) in [7, 11) is 0. The number of aromatic amines is 1. The maximum atomic E-state index is 13.8. The van der Waals surface area contributed by atoms with E-state index in [-0.39, 0.29) is 17.4 Å². The van der Waals surface area contributed by atoms with Crippen molar-refractivity contribution < 1.29 is 14.3 Å². The third kappa shape index (κ3) is 5.90. The van der Waals surface area contributed by atoms with E-state index in [1.807, 2.05) is 42.5 Å². The standard InChI is InChI=1S/C28H30BrN3O3/c1-2-3-7-19-35-27-24(26(33)21-9-5-4-6-10-21)25(20-12-14-22(29)15-13-20)32(28(27)34)18-8-11-23-30-16-17-31-23/h4-6,9-10,12-17,25H,2-3,7-8,11,18-19H2,1H3,(H,30,31). The van der Waals surface area contributed by atoms with E-state index in [1.54, 1.807) is 29.4 Å². The highest BCUT2D eigenvalue weighted by Crippen LogP contribution is 2.40. The summed E-state index contributed by atoms with van der Waals surface area (Å²) in [5.41, 5.74) is 1.84. The number of benzene rings is 2. The fourth-order valence-corrected chi connectivity index (χ4v) is 4.62. The van der Waals surface area contributed by atoms with Crippen LogP contribution in [0.2, 0.25) is 0 Å². The van der Waals surface area contributed by atoms with Crippen LogP contribution in [0, 0.1) is 0 Å². The van der Waals surface area contributed by atoms with Gasteiger partial charge >= 0.3 is 0 Å².